The van der Waals surface area contributed by atoms with Gasteiger partial charge in [-0.3, -0.25) is 34.0 Å². The largest absolute Gasteiger partial charge is 0.453 e. The van der Waals surface area contributed by atoms with Gasteiger partial charge in [0.2, 0.25) is 11.8 Å². The smallest absolute Gasteiger partial charge is 0.265 e. The van der Waals surface area contributed by atoms with Crippen molar-refractivity contribution in [2.24, 2.45) is 5.92 Å². The summed E-state index contributed by atoms with van der Waals surface area (Å²) in [5.41, 5.74) is 3.51. The predicted molar refractivity (Wildman–Crippen MR) is 225 cm³/mol. The fourth-order valence-electron chi connectivity index (χ4n) is 9.31. The Bertz CT molecular complexity index is 2730. The van der Waals surface area contributed by atoms with E-state index in [1.807, 2.05) is 30.3 Å². The lowest BCUT2D eigenvalue weighted by molar-refractivity contribution is -0.136. The number of carbonyl (C=O) groups is 3. The van der Waals surface area contributed by atoms with Crippen LogP contribution in [0.15, 0.2) is 78.0 Å². The summed E-state index contributed by atoms with van der Waals surface area (Å²) in [5.74, 6) is -0.445. The first-order chi connectivity index (χ1) is 30.1. The van der Waals surface area contributed by atoms with Crippen LogP contribution in [0.3, 0.4) is 0 Å². The number of piperazine rings is 1. The molecule has 7 heterocycles. The summed E-state index contributed by atoms with van der Waals surface area (Å²) in [6, 6.07) is 18.3. The van der Waals surface area contributed by atoms with Crippen LogP contribution in [0.5, 0.6) is 11.5 Å². The quantitative estimate of drug-likeness (QED) is 0.212. The highest BCUT2D eigenvalue weighted by molar-refractivity contribution is 6.05. The third-order valence-corrected chi connectivity index (χ3v) is 12.7. The number of alkyl halides is 1. The minimum atomic E-state index is -1.03. The van der Waals surface area contributed by atoms with Crippen molar-refractivity contribution in [3.63, 3.8) is 0 Å². The highest BCUT2D eigenvalue weighted by Crippen LogP contribution is 2.37. The molecule has 2 atom stereocenters. The first-order valence-electron chi connectivity index (χ1n) is 20.9. The molecular weight excluding hydrogens is 799 g/mol. The number of rotatable bonds is 9. The Kier molecular flexibility index (Phi) is 10.0. The molecule has 4 fully saturated rings. The van der Waals surface area contributed by atoms with E-state index in [0.717, 1.165) is 62.9 Å². The Morgan fingerprint density at radius 3 is 2.42 bits per heavy atom. The molecule has 4 saturated heterocycles. The molecular formula is C45H42F2N10O5. The number of amides is 3. The molecule has 0 saturated carbocycles. The van der Waals surface area contributed by atoms with Gasteiger partial charge in [0.05, 0.1) is 28.5 Å². The number of imide groups is 1. The van der Waals surface area contributed by atoms with Crippen molar-refractivity contribution >= 4 is 45.8 Å². The molecule has 0 aliphatic carbocycles. The van der Waals surface area contributed by atoms with Gasteiger partial charge in [-0.15, -0.1) is 0 Å². The monoisotopic (exact) mass is 840 g/mol. The van der Waals surface area contributed by atoms with Gasteiger partial charge in [0.15, 0.2) is 11.6 Å². The lowest BCUT2D eigenvalue weighted by atomic mass is 9.97. The Labute approximate surface area is 354 Å². The van der Waals surface area contributed by atoms with Crippen LogP contribution in [-0.2, 0) is 16.1 Å². The molecule has 2 aromatic heterocycles. The summed E-state index contributed by atoms with van der Waals surface area (Å²) in [6.45, 7) is 7.06. The number of pyridine rings is 1. The number of hydrogen-bond acceptors (Lipinski definition) is 12. The first-order valence-corrected chi connectivity index (χ1v) is 20.9. The van der Waals surface area contributed by atoms with E-state index in [-0.39, 0.29) is 52.8 Å². The van der Waals surface area contributed by atoms with Crippen molar-refractivity contribution < 1.29 is 27.9 Å². The Hall–Kier alpha value is -6.93. The standard InChI is InChI=1S/C45H42F2N10O5/c46-29-11-12-54(25-29)38-7-5-36(47)42(35(38)19-48)62-32-3-6-37-34(18-32)45(61)57(26-50-37)31-2-9-40(49-20-31)53-15-13-52(14-16-53)21-27-22-55(23-27)30-1-4-33-28(17-30)24-56(44(33)60)39-8-10-41(58)51-43(39)59/h1-7,9,17-18,20,26-27,29,39H,8,10-16,21-25H2,(H,51,58,59)/t29-,39?/m1/s1. The lowest BCUT2D eigenvalue weighted by Crippen LogP contribution is -2.55. The number of piperidine rings is 1. The van der Waals surface area contributed by atoms with Crippen molar-refractivity contribution in [3.8, 4) is 23.3 Å². The van der Waals surface area contributed by atoms with E-state index in [9.17, 15) is 28.8 Å². The third-order valence-electron chi connectivity index (χ3n) is 12.7. The van der Waals surface area contributed by atoms with Crippen LogP contribution in [0.25, 0.3) is 16.6 Å². The van der Waals surface area contributed by atoms with Crippen LogP contribution in [0.4, 0.5) is 26.0 Å². The molecule has 15 nitrogen and oxygen atoms in total. The molecule has 5 aromatic rings. The molecule has 3 amide bonds. The number of nitriles is 1. The number of halogens is 2. The lowest BCUT2D eigenvalue weighted by Gasteiger charge is -2.45. The highest BCUT2D eigenvalue weighted by atomic mass is 19.1. The maximum atomic E-state index is 15.1. The number of nitrogens with one attached hydrogen (secondary N) is 1. The summed E-state index contributed by atoms with van der Waals surface area (Å²) in [5, 5.41) is 12.5. The maximum absolute atomic E-state index is 15.1. The predicted octanol–water partition coefficient (Wildman–Crippen LogP) is 4.15. The van der Waals surface area contributed by atoms with E-state index >= 15 is 4.39 Å². The van der Waals surface area contributed by atoms with Crippen LogP contribution in [0.2, 0.25) is 0 Å². The fraction of sp³-hybridized carbons (Fsp3) is 0.356. The van der Waals surface area contributed by atoms with E-state index in [4.69, 9.17) is 9.72 Å². The van der Waals surface area contributed by atoms with Gasteiger partial charge in [-0.1, -0.05) is 0 Å². The van der Waals surface area contributed by atoms with Gasteiger partial charge >= 0.3 is 0 Å². The van der Waals surface area contributed by atoms with E-state index in [1.54, 1.807) is 28.1 Å². The molecule has 17 heteroatoms. The molecule has 0 bridgehead atoms. The summed E-state index contributed by atoms with van der Waals surface area (Å²) in [4.78, 5) is 70.4. The van der Waals surface area contributed by atoms with Gasteiger partial charge in [-0.25, -0.2) is 18.7 Å². The van der Waals surface area contributed by atoms with E-state index in [0.29, 0.717) is 54.3 Å². The number of fused-ring (bicyclic) bond motifs is 2. The summed E-state index contributed by atoms with van der Waals surface area (Å²) in [7, 11) is 0. The molecule has 62 heavy (non-hydrogen) atoms. The molecule has 1 N–H and O–H groups in total. The van der Waals surface area contributed by atoms with Gasteiger partial charge < -0.3 is 24.3 Å². The van der Waals surface area contributed by atoms with Crippen molar-refractivity contribution in [2.75, 3.05) is 73.6 Å². The van der Waals surface area contributed by atoms with Gasteiger partial charge in [0.25, 0.3) is 11.5 Å². The molecule has 0 radical (unpaired) electrons. The van der Waals surface area contributed by atoms with Crippen LogP contribution in [-0.4, -0.2) is 113 Å². The van der Waals surface area contributed by atoms with Crippen molar-refractivity contribution in [1.82, 2.24) is 29.7 Å². The van der Waals surface area contributed by atoms with Crippen molar-refractivity contribution in [1.29, 1.82) is 5.26 Å². The Morgan fingerprint density at radius 2 is 1.68 bits per heavy atom. The number of ether oxygens (including phenoxy) is 1. The van der Waals surface area contributed by atoms with E-state index < -0.39 is 23.9 Å². The van der Waals surface area contributed by atoms with E-state index in [1.165, 1.54) is 29.1 Å². The third kappa shape index (κ3) is 7.23. The number of anilines is 3. The number of nitrogens with zero attached hydrogens (tertiary/aromatic N) is 9. The van der Waals surface area contributed by atoms with Gasteiger partial charge in [-0.2, -0.15) is 5.26 Å². The Morgan fingerprint density at radius 1 is 0.855 bits per heavy atom. The minimum absolute atomic E-state index is 0.0439. The average Bonchev–Trinajstić information content (AvgIpc) is 3.85. The number of carbonyl (C=O) groups excluding carboxylic acids is 3. The van der Waals surface area contributed by atoms with Gasteiger partial charge in [0.1, 0.15) is 41.7 Å². The topological polar surface area (TPSA) is 160 Å². The number of hydrogen-bond donors (Lipinski definition) is 1. The van der Waals surface area contributed by atoms with Crippen LogP contribution >= 0.6 is 0 Å². The number of aromatic nitrogens is 3. The first kappa shape index (κ1) is 39.2. The van der Waals surface area contributed by atoms with E-state index in [2.05, 4.69) is 31.1 Å². The second-order valence-electron chi connectivity index (χ2n) is 16.6. The van der Waals surface area contributed by atoms with Crippen molar-refractivity contribution in [2.45, 2.75) is 38.0 Å². The van der Waals surface area contributed by atoms with Gasteiger partial charge in [-0.05, 0) is 79.1 Å². The summed E-state index contributed by atoms with van der Waals surface area (Å²) < 4.78 is 36.3. The minimum Gasteiger partial charge on any atom is -0.453 e. The van der Waals surface area contributed by atoms with Crippen LogP contribution in [0.1, 0.15) is 40.7 Å². The number of benzene rings is 3. The molecule has 316 valence electrons. The SMILES string of the molecule is N#Cc1c(N2CC[C@@H](F)C2)ccc(F)c1Oc1ccc2ncn(-c3ccc(N4CCN(CC5CN(c6ccc7c(c6)CN(C6CCC(=O)NC6=O)C7=O)C5)CC4)nc3)c(=O)c2c1. The molecule has 5 aliphatic heterocycles. The molecule has 5 aliphatic rings. The maximum Gasteiger partial charge on any atom is 0.265 e. The second kappa shape index (κ2) is 15.8. The summed E-state index contributed by atoms with van der Waals surface area (Å²) >= 11 is 0. The van der Waals surface area contributed by atoms with Crippen molar-refractivity contribution in [3.05, 3.63) is 106 Å². The zero-order valence-electron chi connectivity index (χ0n) is 33.7. The normalized spacial score (nSPS) is 20.7. The fourth-order valence-corrected chi connectivity index (χ4v) is 9.31. The zero-order valence-corrected chi connectivity index (χ0v) is 33.7. The molecule has 3 aromatic carbocycles. The molecule has 0 spiro atoms. The zero-order chi connectivity index (χ0) is 42.6. The second-order valence-corrected chi connectivity index (χ2v) is 16.6. The highest BCUT2D eigenvalue weighted by Gasteiger charge is 2.40. The molecule has 1 unspecified atom stereocenters. The van der Waals surface area contributed by atoms with Gasteiger partial charge in [0, 0.05) is 89.0 Å². The summed E-state index contributed by atoms with van der Waals surface area (Å²) in [6.07, 6.45) is 2.95. The Balaban J connectivity index is 0.740. The van der Waals surface area contributed by atoms with Crippen LogP contribution < -0.4 is 30.3 Å². The molecule has 10 rings (SSSR count). The average molecular weight is 841 g/mol. The van der Waals surface area contributed by atoms with Crippen LogP contribution in [0, 0.1) is 23.1 Å².